The summed E-state index contributed by atoms with van der Waals surface area (Å²) in [4.78, 5) is 16.4. The lowest BCUT2D eigenvalue weighted by molar-refractivity contribution is 0.113. The number of hydrogen-bond acceptors (Lipinski definition) is 5. The van der Waals surface area contributed by atoms with Crippen molar-refractivity contribution in [3.8, 4) is 0 Å². The highest BCUT2D eigenvalue weighted by Crippen LogP contribution is 2.11. The quantitative estimate of drug-likeness (QED) is 0.843. The monoisotopic (exact) mass is 302 g/mol. The molecule has 6 heteroatoms. The van der Waals surface area contributed by atoms with Gasteiger partial charge in [0.1, 0.15) is 0 Å². The van der Waals surface area contributed by atoms with Gasteiger partial charge in [-0.1, -0.05) is 5.16 Å². The summed E-state index contributed by atoms with van der Waals surface area (Å²) in [5.41, 5.74) is 2.07. The fraction of sp³-hybridized carbons (Fsp3) is 0.500. The molecule has 3 rings (SSSR count). The Balaban J connectivity index is 1.51. The van der Waals surface area contributed by atoms with E-state index >= 15 is 0 Å². The van der Waals surface area contributed by atoms with Gasteiger partial charge < -0.3 is 9.09 Å². The summed E-state index contributed by atoms with van der Waals surface area (Å²) in [5.74, 6) is 0.928. The molecule has 0 amide bonds. The van der Waals surface area contributed by atoms with E-state index in [1.165, 1.54) is 0 Å². The summed E-state index contributed by atoms with van der Waals surface area (Å²) in [5, 5.41) is 3.92. The van der Waals surface area contributed by atoms with E-state index in [0.29, 0.717) is 0 Å². The SMILES string of the molecule is Cc1cc(CN2CCN(Cc3ccn(C)c(=O)c3)CC2)on1. The maximum Gasteiger partial charge on any atom is 0.250 e. The van der Waals surface area contributed by atoms with E-state index in [4.69, 9.17) is 4.52 Å². The molecule has 2 aromatic heterocycles. The first-order valence-corrected chi connectivity index (χ1v) is 7.62. The van der Waals surface area contributed by atoms with Crippen LogP contribution in [0.4, 0.5) is 0 Å². The molecule has 118 valence electrons. The van der Waals surface area contributed by atoms with Crippen LogP contribution >= 0.6 is 0 Å². The molecule has 0 aromatic carbocycles. The average molecular weight is 302 g/mol. The number of aryl methyl sites for hydroxylation is 2. The maximum absolute atomic E-state index is 11.7. The van der Waals surface area contributed by atoms with Crippen molar-refractivity contribution in [2.45, 2.75) is 20.0 Å². The molecule has 1 saturated heterocycles. The van der Waals surface area contributed by atoms with E-state index in [0.717, 1.165) is 56.3 Å². The van der Waals surface area contributed by atoms with Gasteiger partial charge in [-0.3, -0.25) is 14.6 Å². The highest BCUT2D eigenvalue weighted by atomic mass is 16.5. The molecule has 0 spiro atoms. The summed E-state index contributed by atoms with van der Waals surface area (Å²) in [6, 6.07) is 5.74. The van der Waals surface area contributed by atoms with Crippen LogP contribution in [0.5, 0.6) is 0 Å². The Kier molecular flexibility index (Phi) is 4.40. The van der Waals surface area contributed by atoms with Crippen LogP contribution in [0.1, 0.15) is 17.0 Å². The van der Waals surface area contributed by atoms with Gasteiger partial charge in [0.15, 0.2) is 5.76 Å². The van der Waals surface area contributed by atoms with Crippen molar-refractivity contribution in [3.63, 3.8) is 0 Å². The molecule has 22 heavy (non-hydrogen) atoms. The average Bonchev–Trinajstić information content (AvgIpc) is 2.90. The molecule has 6 nitrogen and oxygen atoms in total. The summed E-state index contributed by atoms with van der Waals surface area (Å²) < 4.78 is 6.87. The van der Waals surface area contributed by atoms with Crippen molar-refractivity contribution in [2.75, 3.05) is 26.2 Å². The molecule has 1 fully saturated rings. The highest BCUT2D eigenvalue weighted by Gasteiger charge is 2.18. The van der Waals surface area contributed by atoms with E-state index in [-0.39, 0.29) is 5.56 Å². The van der Waals surface area contributed by atoms with Crippen molar-refractivity contribution in [1.29, 1.82) is 0 Å². The first kappa shape index (κ1) is 15.0. The molecular weight excluding hydrogens is 280 g/mol. The van der Waals surface area contributed by atoms with Crippen LogP contribution in [0.2, 0.25) is 0 Å². The van der Waals surface area contributed by atoms with Crippen LogP contribution in [-0.2, 0) is 20.1 Å². The predicted molar refractivity (Wildman–Crippen MR) is 83.5 cm³/mol. The van der Waals surface area contributed by atoms with Crippen molar-refractivity contribution in [1.82, 2.24) is 19.5 Å². The summed E-state index contributed by atoms with van der Waals surface area (Å²) in [6.45, 7) is 7.61. The van der Waals surface area contributed by atoms with Crippen molar-refractivity contribution < 1.29 is 4.52 Å². The fourth-order valence-corrected chi connectivity index (χ4v) is 2.76. The number of rotatable bonds is 4. The Morgan fingerprint density at radius 1 is 1.14 bits per heavy atom. The molecular formula is C16H22N4O2. The number of nitrogens with zero attached hydrogens (tertiary/aromatic N) is 4. The van der Waals surface area contributed by atoms with Gasteiger partial charge in [-0.2, -0.15) is 0 Å². The van der Waals surface area contributed by atoms with E-state index < -0.39 is 0 Å². The van der Waals surface area contributed by atoms with Gasteiger partial charge in [0.05, 0.1) is 12.2 Å². The number of piperazine rings is 1. The number of hydrogen-bond donors (Lipinski definition) is 0. The molecule has 2 aromatic rings. The number of aromatic nitrogens is 2. The van der Waals surface area contributed by atoms with E-state index in [9.17, 15) is 4.79 Å². The Labute approximate surface area is 129 Å². The van der Waals surface area contributed by atoms with Crippen molar-refractivity contribution in [3.05, 3.63) is 51.8 Å². The Morgan fingerprint density at radius 3 is 2.41 bits per heavy atom. The van der Waals surface area contributed by atoms with Crippen LogP contribution in [0.25, 0.3) is 0 Å². The molecule has 0 N–H and O–H groups in total. The lowest BCUT2D eigenvalue weighted by Crippen LogP contribution is -2.45. The zero-order valence-corrected chi connectivity index (χ0v) is 13.2. The molecule has 0 saturated carbocycles. The fourth-order valence-electron chi connectivity index (χ4n) is 2.76. The predicted octanol–water partition coefficient (Wildman–Crippen LogP) is 1.000. The molecule has 1 aliphatic rings. The van der Waals surface area contributed by atoms with Crippen LogP contribution in [0.15, 0.2) is 33.7 Å². The maximum atomic E-state index is 11.7. The number of pyridine rings is 1. The van der Waals surface area contributed by atoms with Crippen molar-refractivity contribution >= 4 is 0 Å². The smallest absolute Gasteiger partial charge is 0.250 e. The highest BCUT2D eigenvalue weighted by molar-refractivity contribution is 5.11. The molecule has 0 atom stereocenters. The molecule has 0 unspecified atom stereocenters. The van der Waals surface area contributed by atoms with Gasteiger partial charge in [-0.05, 0) is 18.6 Å². The summed E-state index contributed by atoms with van der Waals surface area (Å²) in [6.07, 6.45) is 1.83. The van der Waals surface area contributed by atoms with Crippen molar-refractivity contribution in [2.24, 2.45) is 7.05 Å². The molecule has 0 bridgehead atoms. The third-order valence-corrected chi connectivity index (χ3v) is 4.10. The largest absolute Gasteiger partial charge is 0.360 e. The van der Waals surface area contributed by atoms with Gasteiger partial charge in [0, 0.05) is 58.1 Å². The summed E-state index contributed by atoms with van der Waals surface area (Å²) in [7, 11) is 1.77. The Hall–Kier alpha value is -1.92. The zero-order valence-electron chi connectivity index (χ0n) is 13.2. The van der Waals surface area contributed by atoms with Gasteiger partial charge >= 0.3 is 0 Å². The van der Waals surface area contributed by atoms with Crippen LogP contribution < -0.4 is 5.56 Å². The van der Waals surface area contributed by atoms with E-state index in [1.807, 2.05) is 25.3 Å². The molecule has 0 radical (unpaired) electrons. The summed E-state index contributed by atoms with van der Waals surface area (Å²) >= 11 is 0. The third kappa shape index (κ3) is 3.64. The van der Waals surface area contributed by atoms with Gasteiger partial charge in [0.25, 0.3) is 5.56 Å². The Bertz CT molecular complexity index is 683. The second kappa shape index (κ2) is 6.46. The standard InChI is InChI=1S/C16H22N4O2/c1-13-9-15(22-17-13)12-20-7-5-19(6-8-20)11-14-3-4-18(2)16(21)10-14/h3-4,9-10H,5-8,11-12H2,1-2H3. The molecule has 1 aliphatic heterocycles. The minimum atomic E-state index is 0.0526. The topological polar surface area (TPSA) is 54.5 Å². The second-order valence-corrected chi connectivity index (χ2v) is 5.97. The zero-order chi connectivity index (χ0) is 15.5. The minimum Gasteiger partial charge on any atom is -0.360 e. The molecule has 0 aliphatic carbocycles. The molecule has 3 heterocycles. The second-order valence-electron chi connectivity index (χ2n) is 5.97. The Morgan fingerprint density at radius 2 is 1.82 bits per heavy atom. The van der Waals surface area contributed by atoms with Crippen LogP contribution in [0, 0.1) is 6.92 Å². The lowest BCUT2D eigenvalue weighted by Gasteiger charge is -2.34. The van der Waals surface area contributed by atoms with Crippen LogP contribution in [0.3, 0.4) is 0 Å². The first-order valence-electron chi connectivity index (χ1n) is 7.62. The van der Waals surface area contributed by atoms with Crippen LogP contribution in [-0.4, -0.2) is 45.7 Å². The van der Waals surface area contributed by atoms with E-state index in [1.54, 1.807) is 17.7 Å². The lowest BCUT2D eigenvalue weighted by atomic mass is 10.2. The van der Waals surface area contributed by atoms with Gasteiger partial charge in [0.2, 0.25) is 0 Å². The van der Waals surface area contributed by atoms with Gasteiger partial charge in [-0.15, -0.1) is 0 Å². The van der Waals surface area contributed by atoms with E-state index in [2.05, 4.69) is 15.0 Å². The normalized spacial score (nSPS) is 17.0. The van der Waals surface area contributed by atoms with Gasteiger partial charge in [-0.25, -0.2) is 0 Å². The first-order chi connectivity index (χ1) is 10.6. The third-order valence-electron chi connectivity index (χ3n) is 4.10. The minimum absolute atomic E-state index is 0.0526.